The third-order valence-corrected chi connectivity index (χ3v) is 3.28. The van der Waals surface area contributed by atoms with Gasteiger partial charge in [-0.25, -0.2) is 0 Å². The van der Waals surface area contributed by atoms with Gasteiger partial charge in [0.25, 0.3) is 0 Å². The minimum atomic E-state index is -0.592. The van der Waals surface area contributed by atoms with Crippen LogP contribution in [0, 0.1) is 13.8 Å². The fraction of sp³-hybridized carbons (Fsp3) is 0.200. The van der Waals surface area contributed by atoms with Gasteiger partial charge in [-0.15, -0.1) is 0 Å². The number of hydrogen-bond acceptors (Lipinski definition) is 1. The summed E-state index contributed by atoms with van der Waals surface area (Å²) in [5.74, 6) is 0. The van der Waals surface area contributed by atoms with Crippen molar-refractivity contribution in [2.24, 2.45) is 0 Å². The molecule has 2 aromatic rings. The van der Waals surface area contributed by atoms with Crippen LogP contribution in [0.2, 0.25) is 5.02 Å². The maximum Gasteiger partial charge on any atom is 0.104 e. The highest BCUT2D eigenvalue weighted by atomic mass is 35.5. The minimum Gasteiger partial charge on any atom is -0.384 e. The number of hydrogen-bond donors (Lipinski definition) is 1. The lowest BCUT2D eigenvalue weighted by Gasteiger charge is -2.13. The summed E-state index contributed by atoms with van der Waals surface area (Å²) in [5, 5.41) is 11.0. The topological polar surface area (TPSA) is 20.2 Å². The predicted molar refractivity (Wildman–Crippen MR) is 71.4 cm³/mol. The van der Waals surface area contributed by atoms with E-state index in [0.717, 1.165) is 27.3 Å². The molecule has 0 bridgehead atoms. The molecular formula is C15H15ClO. The summed E-state index contributed by atoms with van der Waals surface area (Å²) < 4.78 is 0. The van der Waals surface area contributed by atoms with E-state index in [1.807, 2.05) is 56.3 Å². The molecule has 0 aromatic heterocycles. The van der Waals surface area contributed by atoms with E-state index in [4.69, 9.17) is 11.6 Å². The molecule has 1 nitrogen and oxygen atoms in total. The molecule has 0 aliphatic carbocycles. The van der Waals surface area contributed by atoms with Crippen LogP contribution < -0.4 is 0 Å². The Kier molecular flexibility index (Phi) is 3.51. The van der Waals surface area contributed by atoms with Crippen molar-refractivity contribution in [1.82, 2.24) is 0 Å². The molecule has 0 saturated carbocycles. The Morgan fingerprint density at radius 2 is 1.71 bits per heavy atom. The maximum absolute atomic E-state index is 10.3. The van der Waals surface area contributed by atoms with Crippen LogP contribution in [-0.2, 0) is 0 Å². The van der Waals surface area contributed by atoms with Gasteiger partial charge in [-0.1, -0.05) is 53.6 Å². The highest BCUT2D eigenvalue weighted by molar-refractivity contribution is 6.31. The Morgan fingerprint density at radius 1 is 1.00 bits per heavy atom. The first kappa shape index (κ1) is 12.2. The molecular weight excluding hydrogens is 232 g/mol. The second-order valence-corrected chi connectivity index (χ2v) is 4.73. The van der Waals surface area contributed by atoms with Crippen LogP contribution >= 0.6 is 11.6 Å². The van der Waals surface area contributed by atoms with Crippen LogP contribution in [0.5, 0.6) is 0 Å². The van der Waals surface area contributed by atoms with Gasteiger partial charge in [0.2, 0.25) is 0 Å². The molecule has 0 saturated heterocycles. The minimum absolute atomic E-state index is 0.592. The zero-order valence-corrected chi connectivity index (χ0v) is 10.7. The molecule has 0 fully saturated rings. The van der Waals surface area contributed by atoms with E-state index in [9.17, 15) is 5.11 Å². The van der Waals surface area contributed by atoms with Crippen LogP contribution in [0.25, 0.3) is 0 Å². The number of rotatable bonds is 2. The molecule has 17 heavy (non-hydrogen) atoms. The summed E-state index contributed by atoms with van der Waals surface area (Å²) in [7, 11) is 0. The molecule has 0 heterocycles. The Balaban J connectivity index is 2.36. The fourth-order valence-corrected chi connectivity index (χ4v) is 1.99. The summed E-state index contributed by atoms with van der Waals surface area (Å²) in [5.41, 5.74) is 3.91. The van der Waals surface area contributed by atoms with Gasteiger partial charge in [0.1, 0.15) is 6.10 Å². The third kappa shape index (κ3) is 2.68. The third-order valence-electron chi connectivity index (χ3n) is 2.86. The van der Waals surface area contributed by atoms with E-state index in [1.165, 1.54) is 0 Å². The SMILES string of the molecule is Cc1cccc(C(O)c2ccc(Cl)c(C)c2)c1. The second-order valence-electron chi connectivity index (χ2n) is 4.33. The molecule has 0 radical (unpaired) electrons. The largest absolute Gasteiger partial charge is 0.384 e. The lowest BCUT2D eigenvalue weighted by atomic mass is 9.99. The summed E-state index contributed by atoms with van der Waals surface area (Å²) in [6.45, 7) is 3.96. The number of aliphatic hydroxyl groups excluding tert-OH is 1. The molecule has 2 aromatic carbocycles. The van der Waals surface area contributed by atoms with E-state index in [2.05, 4.69) is 0 Å². The summed E-state index contributed by atoms with van der Waals surface area (Å²) in [6, 6.07) is 13.5. The second kappa shape index (κ2) is 4.91. The molecule has 0 aliphatic rings. The zero-order chi connectivity index (χ0) is 12.4. The van der Waals surface area contributed by atoms with Gasteiger partial charge in [0.15, 0.2) is 0 Å². The average molecular weight is 247 g/mol. The summed E-state index contributed by atoms with van der Waals surface area (Å²) >= 11 is 5.97. The lowest BCUT2D eigenvalue weighted by molar-refractivity contribution is 0.220. The highest BCUT2D eigenvalue weighted by Crippen LogP contribution is 2.26. The van der Waals surface area contributed by atoms with Crippen molar-refractivity contribution < 1.29 is 5.11 Å². The Morgan fingerprint density at radius 3 is 2.35 bits per heavy atom. The molecule has 88 valence electrons. The van der Waals surface area contributed by atoms with Crippen LogP contribution in [0.3, 0.4) is 0 Å². The monoisotopic (exact) mass is 246 g/mol. The van der Waals surface area contributed by atoms with Crippen LogP contribution in [0.4, 0.5) is 0 Å². The van der Waals surface area contributed by atoms with E-state index in [0.29, 0.717) is 0 Å². The number of benzene rings is 2. The summed E-state index contributed by atoms with van der Waals surface area (Å²) in [4.78, 5) is 0. The molecule has 0 spiro atoms. The average Bonchev–Trinajstić information content (AvgIpc) is 2.32. The first-order valence-electron chi connectivity index (χ1n) is 5.58. The van der Waals surface area contributed by atoms with Crippen molar-refractivity contribution >= 4 is 11.6 Å². The van der Waals surface area contributed by atoms with Crippen molar-refractivity contribution in [3.8, 4) is 0 Å². The predicted octanol–water partition coefficient (Wildman–Crippen LogP) is 4.04. The molecule has 0 amide bonds. The van der Waals surface area contributed by atoms with Crippen LogP contribution in [-0.4, -0.2) is 5.11 Å². The van der Waals surface area contributed by atoms with Crippen LogP contribution in [0.1, 0.15) is 28.4 Å². The van der Waals surface area contributed by atoms with Crippen molar-refractivity contribution in [2.75, 3.05) is 0 Å². The van der Waals surface area contributed by atoms with Crippen molar-refractivity contribution in [2.45, 2.75) is 20.0 Å². The lowest BCUT2D eigenvalue weighted by Crippen LogP contribution is -2.00. The van der Waals surface area contributed by atoms with E-state index in [-0.39, 0.29) is 0 Å². The molecule has 1 unspecified atom stereocenters. The maximum atomic E-state index is 10.3. The molecule has 1 atom stereocenters. The Labute approximate surface area is 107 Å². The highest BCUT2D eigenvalue weighted by Gasteiger charge is 2.11. The Hall–Kier alpha value is -1.31. The smallest absolute Gasteiger partial charge is 0.104 e. The van der Waals surface area contributed by atoms with Crippen LogP contribution in [0.15, 0.2) is 42.5 Å². The number of halogens is 1. The molecule has 0 aliphatic heterocycles. The number of aliphatic hydroxyl groups is 1. The van der Waals surface area contributed by atoms with Gasteiger partial charge < -0.3 is 5.11 Å². The van der Waals surface area contributed by atoms with Gasteiger partial charge in [-0.3, -0.25) is 0 Å². The van der Waals surface area contributed by atoms with Gasteiger partial charge in [-0.2, -0.15) is 0 Å². The molecule has 2 heteroatoms. The quantitative estimate of drug-likeness (QED) is 0.848. The van der Waals surface area contributed by atoms with Gasteiger partial charge >= 0.3 is 0 Å². The molecule has 1 N–H and O–H groups in total. The number of aryl methyl sites for hydroxylation is 2. The van der Waals surface area contributed by atoms with E-state index < -0.39 is 6.10 Å². The van der Waals surface area contributed by atoms with Crippen molar-refractivity contribution in [1.29, 1.82) is 0 Å². The standard InChI is InChI=1S/C15H15ClO/c1-10-4-3-5-12(8-10)15(17)13-6-7-14(16)11(2)9-13/h3-9,15,17H,1-2H3. The first-order valence-corrected chi connectivity index (χ1v) is 5.96. The van der Waals surface area contributed by atoms with Gasteiger partial charge in [0, 0.05) is 5.02 Å². The fourth-order valence-electron chi connectivity index (χ4n) is 1.87. The Bertz CT molecular complexity index is 534. The van der Waals surface area contributed by atoms with Crippen molar-refractivity contribution in [3.63, 3.8) is 0 Å². The summed E-state index contributed by atoms with van der Waals surface area (Å²) in [6.07, 6.45) is -0.592. The normalized spacial score (nSPS) is 12.5. The van der Waals surface area contributed by atoms with Gasteiger partial charge in [-0.05, 0) is 36.6 Å². The first-order chi connectivity index (χ1) is 8.08. The van der Waals surface area contributed by atoms with Gasteiger partial charge in [0.05, 0.1) is 0 Å². The molecule has 2 rings (SSSR count). The zero-order valence-electron chi connectivity index (χ0n) is 9.94. The van der Waals surface area contributed by atoms with Crippen molar-refractivity contribution in [3.05, 3.63) is 69.7 Å². The van der Waals surface area contributed by atoms with E-state index >= 15 is 0 Å². The van der Waals surface area contributed by atoms with E-state index in [1.54, 1.807) is 0 Å².